The molecule has 0 saturated carbocycles. The highest BCUT2D eigenvalue weighted by molar-refractivity contribution is 5.25. The van der Waals surface area contributed by atoms with Crippen molar-refractivity contribution >= 4 is 0 Å². The van der Waals surface area contributed by atoms with Crippen LogP contribution in [0, 0.1) is 0 Å². The summed E-state index contributed by atoms with van der Waals surface area (Å²) in [4.78, 5) is 11.7. The highest BCUT2D eigenvalue weighted by Crippen LogP contribution is 2.16. The van der Waals surface area contributed by atoms with Gasteiger partial charge in [-0.05, 0) is 30.5 Å². The second-order valence-electron chi connectivity index (χ2n) is 4.22. The third kappa shape index (κ3) is 2.47. The maximum atomic E-state index is 11.7. The van der Waals surface area contributed by atoms with Crippen LogP contribution >= 0.6 is 0 Å². The van der Waals surface area contributed by atoms with E-state index in [1.165, 1.54) is 5.56 Å². The summed E-state index contributed by atoms with van der Waals surface area (Å²) in [5, 5.41) is 0. The number of nitrogens with zero attached hydrogens (tertiary/aromatic N) is 1. The van der Waals surface area contributed by atoms with Gasteiger partial charge < -0.3 is 4.57 Å². The topological polar surface area (TPSA) is 22.0 Å². The van der Waals surface area contributed by atoms with Gasteiger partial charge in [0.25, 0.3) is 5.56 Å². The Hall–Kier alpha value is -1.83. The fourth-order valence-electron chi connectivity index (χ4n) is 1.95. The maximum absolute atomic E-state index is 11.7. The monoisotopic (exact) mass is 227 g/mol. The van der Waals surface area contributed by atoms with E-state index in [-0.39, 0.29) is 11.6 Å². The highest BCUT2D eigenvalue weighted by atomic mass is 16.1. The Morgan fingerprint density at radius 1 is 1.12 bits per heavy atom. The number of benzene rings is 1. The fraction of sp³-hybridized carbons (Fsp3) is 0.267. The van der Waals surface area contributed by atoms with E-state index in [4.69, 9.17) is 0 Å². The number of aromatic nitrogens is 1. The number of hydrogen-bond donors (Lipinski definition) is 0. The molecule has 0 bridgehead atoms. The van der Waals surface area contributed by atoms with Crippen molar-refractivity contribution in [2.45, 2.75) is 26.3 Å². The first kappa shape index (κ1) is 11.6. The minimum atomic E-state index is 0.0413. The Bertz CT molecular complexity index is 539. The Labute approximate surface area is 102 Å². The molecule has 0 amide bonds. The molecule has 0 spiro atoms. The lowest BCUT2D eigenvalue weighted by atomic mass is 10.0. The predicted molar refractivity (Wildman–Crippen MR) is 70.3 cm³/mol. The summed E-state index contributed by atoms with van der Waals surface area (Å²) < 4.78 is 1.75. The van der Waals surface area contributed by atoms with Gasteiger partial charge in [0.1, 0.15) is 0 Å². The lowest BCUT2D eigenvalue weighted by Gasteiger charge is -2.15. The minimum absolute atomic E-state index is 0.0413. The number of hydrogen-bond acceptors (Lipinski definition) is 1. The number of rotatable bonds is 3. The zero-order valence-electron chi connectivity index (χ0n) is 10.3. The van der Waals surface area contributed by atoms with Gasteiger partial charge in [-0.3, -0.25) is 4.79 Å². The summed E-state index contributed by atoms with van der Waals surface area (Å²) in [6, 6.07) is 13.8. The van der Waals surface area contributed by atoms with Crippen molar-refractivity contribution in [3.63, 3.8) is 0 Å². The first-order valence-electron chi connectivity index (χ1n) is 5.98. The maximum Gasteiger partial charge on any atom is 0.251 e. The summed E-state index contributed by atoms with van der Waals surface area (Å²) in [6.45, 7) is 4.18. The summed E-state index contributed by atoms with van der Waals surface area (Å²) in [6.07, 6.45) is 2.88. The van der Waals surface area contributed by atoms with Crippen LogP contribution in [0.5, 0.6) is 0 Å². The van der Waals surface area contributed by atoms with Crippen LogP contribution in [0.2, 0.25) is 0 Å². The zero-order chi connectivity index (χ0) is 12.3. The fourth-order valence-corrected chi connectivity index (χ4v) is 1.95. The van der Waals surface area contributed by atoms with E-state index in [0.29, 0.717) is 0 Å². The van der Waals surface area contributed by atoms with Gasteiger partial charge in [-0.25, -0.2) is 0 Å². The Morgan fingerprint density at radius 2 is 1.82 bits per heavy atom. The van der Waals surface area contributed by atoms with Crippen LogP contribution in [0.3, 0.4) is 0 Å². The lowest BCUT2D eigenvalue weighted by Crippen LogP contribution is -2.21. The van der Waals surface area contributed by atoms with Crippen LogP contribution < -0.4 is 5.56 Å². The molecule has 2 aromatic rings. The molecular formula is C15H17NO. The van der Waals surface area contributed by atoms with Gasteiger partial charge in [0.15, 0.2) is 0 Å². The highest BCUT2D eigenvalue weighted by Gasteiger charge is 2.07. The average Bonchev–Trinajstić information content (AvgIpc) is 2.39. The van der Waals surface area contributed by atoms with Crippen molar-refractivity contribution in [3.05, 3.63) is 70.1 Å². The molecule has 0 aliphatic rings. The molecule has 1 unspecified atom stereocenters. The molecule has 0 aliphatic carbocycles. The van der Waals surface area contributed by atoms with Gasteiger partial charge >= 0.3 is 0 Å². The third-order valence-electron chi connectivity index (χ3n) is 3.14. The molecule has 0 N–H and O–H groups in total. The van der Waals surface area contributed by atoms with E-state index in [1.54, 1.807) is 16.7 Å². The van der Waals surface area contributed by atoms with E-state index >= 15 is 0 Å². The van der Waals surface area contributed by atoms with E-state index in [1.807, 2.05) is 19.2 Å². The van der Waals surface area contributed by atoms with Crippen LogP contribution in [0.25, 0.3) is 0 Å². The van der Waals surface area contributed by atoms with Crippen LogP contribution in [-0.2, 0) is 6.42 Å². The van der Waals surface area contributed by atoms with Gasteiger partial charge in [-0.1, -0.05) is 37.3 Å². The van der Waals surface area contributed by atoms with Crippen LogP contribution in [-0.4, -0.2) is 4.57 Å². The van der Waals surface area contributed by atoms with Gasteiger partial charge in [-0.2, -0.15) is 0 Å². The molecule has 2 rings (SSSR count). The lowest BCUT2D eigenvalue weighted by molar-refractivity contribution is 0.614. The van der Waals surface area contributed by atoms with Crippen LogP contribution in [0.15, 0.2) is 53.5 Å². The molecule has 0 fully saturated rings. The Morgan fingerprint density at radius 3 is 2.41 bits per heavy atom. The Kier molecular flexibility index (Phi) is 3.43. The van der Waals surface area contributed by atoms with Crippen molar-refractivity contribution in [2.75, 3.05) is 0 Å². The SMILES string of the molecule is CCc1ccc(C(C)n2ccccc2=O)cc1. The van der Waals surface area contributed by atoms with E-state index in [2.05, 4.69) is 31.2 Å². The number of pyridine rings is 1. The van der Waals surface area contributed by atoms with Gasteiger partial charge in [0.2, 0.25) is 0 Å². The molecule has 1 aromatic heterocycles. The van der Waals surface area contributed by atoms with Crippen molar-refractivity contribution in [1.82, 2.24) is 4.57 Å². The zero-order valence-corrected chi connectivity index (χ0v) is 10.3. The molecule has 1 aromatic carbocycles. The van der Waals surface area contributed by atoms with E-state index in [9.17, 15) is 4.79 Å². The minimum Gasteiger partial charge on any atom is -0.308 e. The molecule has 1 heterocycles. The second-order valence-corrected chi connectivity index (χ2v) is 4.22. The summed E-state index contributed by atoms with van der Waals surface area (Å²) in [5.74, 6) is 0. The summed E-state index contributed by atoms with van der Waals surface area (Å²) in [7, 11) is 0. The average molecular weight is 227 g/mol. The summed E-state index contributed by atoms with van der Waals surface area (Å²) in [5.41, 5.74) is 2.52. The predicted octanol–water partition coefficient (Wildman–Crippen LogP) is 3.02. The first-order chi connectivity index (χ1) is 8.22. The molecule has 0 aliphatic heterocycles. The van der Waals surface area contributed by atoms with Gasteiger partial charge in [0.05, 0.1) is 6.04 Å². The van der Waals surface area contributed by atoms with Crippen LogP contribution in [0.4, 0.5) is 0 Å². The first-order valence-corrected chi connectivity index (χ1v) is 5.98. The molecular weight excluding hydrogens is 210 g/mol. The third-order valence-corrected chi connectivity index (χ3v) is 3.14. The van der Waals surface area contributed by atoms with Crippen molar-refractivity contribution < 1.29 is 0 Å². The Balaban J connectivity index is 2.34. The normalized spacial score (nSPS) is 12.4. The molecule has 88 valence electrons. The molecule has 0 radical (unpaired) electrons. The van der Waals surface area contributed by atoms with Crippen molar-refractivity contribution in [1.29, 1.82) is 0 Å². The summed E-state index contributed by atoms with van der Waals surface area (Å²) >= 11 is 0. The van der Waals surface area contributed by atoms with E-state index < -0.39 is 0 Å². The quantitative estimate of drug-likeness (QED) is 0.790. The second kappa shape index (κ2) is 5.00. The molecule has 17 heavy (non-hydrogen) atoms. The number of aryl methyl sites for hydroxylation is 1. The smallest absolute Gasteiger partial charge is 0.251 e. The molecule has 2 heteroatoms. The van der Waals surface area contributed by atoms with Crippen molar-refractivity contribution in [2.24, 2.45) is 0 Å². The van der Waals surface area contributed by atoms with Crippen LogP contribution in [0.1, 0.15) is 31.0 Å². The standard InChI is InChI=1S/C15H17NO/c1-3-13-7-9-14(10-8-13)12(2)16-11-5-4-6-15(16)17/h4-12H,3H2,1-2H3. The van der Waals surface area contributed by atoms with Crippen molar-refractivity contribution in [3.8, 4) is 0 Å². The molecule has 1 atom stereocenters. The largest absolute Gasteiger partial charge is 0.308 e. The molecule has 0 saturated heterocycles. The molecule has 2 nitrogen and oxygen atoms in total. The van der Waals surface area contributed by atoms with Gasteiger partial charge in [-0.15, -0.1) is 0 Å². The van der Waals surface area contributed by atoms with Gasteiger partial charge in [0, 0.05) is 12.3 Å². The van der Waals surface area contributed by atoms with E-state index in [0.717, 1.165) is 12.0 Å².